The Bertz CT molecular complexity index is 1010. The van der Waals surface area contributed by atoms with Crippen molar-refractivity contribution in [1.29, 1.82) is 0 Å². The van der Waals surface area contributed by atoms with Gasteiger partial charge in [-0.3, -0.25) is 15.1 Å². The Hall–Kier alpha value is -3.16. The Kier molecular flexibility index (Phi) is 6.41. The van der Waals surface area contributed by atoms with Crippen LogP contribution in [0.5, 0.6) is 0 Å². The lowest BCUT2D eigenvalue weighted by Gasteiger charge is -2.10. The maximum atomic E-state index is 12.8. The molecule has 2 N–H and O–H groups in total. The number of amides is 2. The molecule has 0 aliphatic carbocycles. The summed E-state index contributed by atoms with van der Waals surface area (Å²) in [4.78, 5) is 28.8. The zero-order valence-electron chi connectivity index (χ0n) is 15.1. The number of ether oxygens (including phenoxy) is 2. The van der Waals surface area contributed by atoms with Gasteiger partial charge in [-0.15, -0.1) is 0 Å². The molecule has 0 saturated heterocycles. The molecule has 7 nitrogen and oxygen atoms in total. The molecule has 2 amide bonds. The van der Waals surface area contributed by atoms with Crippen molar-refractivity contribution >= 4 is 45.9 Å². The summed E-state index contributed by atoms with van der Waals surface area (Å²) in [5, 5.41) is 6.60. The van der Waals surface area contributed by atoms with Gasteiger partial charge in [0.05, 0.1) is 17.7 Å². The highest BCUT2D eigenvalue weighted by atomic mass is 35.5. The monoisotopic (exact) mass is 399 g/mol. The van der Waals surface area contributed by atoms with Gasteiger partial charge < -0.3 is 14.8 Å². The Morgan fingerprint density at radius 1 is 1.04 bits per heavy atom. The predicted molar refractivity (Wildman–Crippen MR) is 108 cm³/mol. The Morgan fingerprint density at radius 3 is 2.61 bits per heavy atom. The first-order valence-electron chi connectivity index (χ1n) is 8.45. The van der Waals surface area contributed by atoms with E-state index in [0.29, 0.717) is 34.1 Å². The van der Waals surface area contributed by atoms with Gasteiger partial charge in [-0.25, -0.2) is 4.79 Å². The van der Waals surface area contributed by atoms with Crippen molar-refractivity contribution in [1.82, 2.24) is 4.98 Å². The van der Waals surface area contributed by atoms with Crippen LogP contribution in [0.15, 0.2) is 54.7 Å². The zero-order valence-corrected chi connectivity index (χ0v) is 15.8. The number of nitrogens with zero attached hydrogens (tertiary/aromatic N) is 1. The molecular weight excluding hydrogens is 382 g/mol. The fourth-order valence-electron chi connectivity index (χ4n) is 2.57. The molecule has 0 spiro atoms. The van der Waals surface area contributed by atoms with Gasteiger partial charge >= 0.3 is 6.09 Å². The Balaban J connectivity index is 1.74. The first-order chi connectivity index (χ1) is 13.6. The molecule has 3 rings (SSSR count). The highest BCUT2D eigenvalue weighted by Crippen LogP contribution is 2.24. The van der Waals surface area contributed by atoms with Crippen LogP contribution in [-0.2, 0) is 9.47 Å². The molecule has 8 heteroatoms. The summed E-state index contributed by atoms with van der Waals surface area (Å²) in [7, 11) is 1.52. The number of halogens is 1. The number of carbonyl (C=O) groups is 2. The van der Waals surface area contributed by atoms with E-state index in [0.717, 1.165) is 5.39 Å². The van der Waals surface area contributed by atoms with E-state index in [4.69, 9.17) is 21.1 Å². The summed E-state index contributed by atoms with van der Waals surface area (Å²) in [6.07, 6.45) is 1.01. The number of nitrogens with one attached hydrogen (secondary N) is 2. The number of anilines is 2. The average Bonchev–Trinajstić information content (AvgIpc) is 2.67. The van der Waals surface area contributed by atoms with Gasteiger partial charge in [0.15, 0.2) is 0 Å². The van der Waals surface area contributed by atoms with E-state index in [1.807, 2.05) is 6.07 Å². The van der Waals surface area contributed by atoms with Gasteiger partial charge in [-0.1, -0.05) is 23.7 Å². The minimum Gasteiger partial charge on any atom is -0.447 e. The molecule has 3 aromatic rings. The number of methoxy groups -OCH3 is 1. The van der Waals surface area contributed by atoms with Gasteiger partial charge in [0, 0.05) is 35.1 Å². The van der Waals surface area contributed by atoms with Crippen LogP contribution in [0.3, 0.4) is 0 Å². The summed E-state index contributed by atoms with van der Waals surface area (Å²) in [5.41, 5.74) is 1.90. The number of pyridine rings is 1. The first kappa shape index (κ1) is 19.6. The third-order valence-corrected chi connectivity index (χ3v) is 4.02. The third-order valence-electron chi connectivity index (χ3n) is 3.80. The van der Waals surface area contributed by atoms with Gasteiger partial charge in [0.25, 0.3) is 5.91 Å². The normalized spacial score (nSPS) is 10.5. The standard InChI is InChI=1S/C20H18ClN3O4/c1-27-8-9-28-20(26)24-16-6-2-5-15(12-16)23-19(25)17-11-14(21)10-13-4-3-7-22-18(13)17/h2-7,10-12H,8-9H2,1H3,(H,23,25)(H,24,26). The van der Waals surface area contributed by atoms with Crippen molar-refractivity contribution in [3.05, 3.63) is 65.3 Å². The van der Waals surface area contributed by atoms with Crippen LogP contribution in [0.2, 0.25) is 5.02 Å². The lowest BCUT2D eigenvalue weighted by Crippen LogP contribution is -2.17. The van der Waals surface area contributed by atoms with Crippen LogP contribution in [0, 0.1) is 0 Å². The van der Waals surface area contributed by atoms with Crippen LogP contribution < -0.4 is 10.6 Å². The van der Waals surface area contributed by atoms with Crippen molar-refractivity contribution in [3.63, 3.8) is 0 Å². The van der Waals surface area contributed by atoms with Crippen molar-refractivity contribution in [3.8, 4) is 0 Å². The molecule has 1 heterocycles. The molecule has 0 aliphatic heterocycles. The molecule has 2 aromatic carbocycles. The molecule has 0 unspecified atom stereocenters. The summed E-state index contributed by atoms with van der Waals surface area (Å²) in [6.45, 7) is 0.457. The molecular formula is C20H18ClN3O4. The first-order valence-corrected chi connectivity index (χ1v) is 8.83. The van der Waals surface area contributed by atoms with E-state index in [-0.39, 0.29) is 12.5 Å². The number of benzene rings is 2. The smallest absolute Gasteiger partial charge is 0.411 e. The van der Waals surface area contributed by atoms with Crippen molar-refractivity contribution < 1.29 is 19.1 Å². The highest BCUT2D eigenvalue weighted by molar-refractivity contribution is 6.32. The summed E-state index contributed by atoms with van der Waals surface area (Å²) in [5.74, 6) is -0.356. The maximum absolute atomic E-state index is 12.8. The van der Waals surface area contributed by atoms with Crippen LogP contribution in [0.4, 0.5) is 16.2 Å². The molecule has 0 atom stereocenters. The molecule has 0 radical (unpaired) electrons. The minimum atomic E-state index is -0.606. The van der Waals surface area contributed by atoms with Gasteiger partial charge in [-0.2, -0.15) is 0 Å². The number of hydrogen-bond donors (Lipinski definition) is 2. The Labute approximate surface area is 166 Å². The molecule has 1 aromatic heterocycles. The molecule has 0 saturated carbocycles. The van der Waals surface area contributed by atoms with Crippen molar-refractivity contribution in [2.24, 2.45) is 0 Å². The largest absolute Gasteiger partial charge is 0.447 e. The van der Waals surface area contributed by atoms with Crippen LogP contribution in [-0.4, -0.2) is 37.3 Å². The molecule has 0 bridgehead atoms. The molecule has 144 valence electrons. The SMILES string of the molecule is COCCOC(=O)Nc1cccc(NC(=O)c2cc(Cl)cc3cccnc23)c1. The lowest BCUT2D eigenvalue weighted by atomic mass is 10.1. The summed E-state index contributed by atoms with van der Waals surface area (Å²) < 4.78 is 9.77. The number of aromatic nitrogens is 1. The van der Waals surface area contributed by atoms with E-state index < -0.39 is 6.09 Å². The van der Waals surface area contributed by atoms with Crippen LogP contribution >= 0.6 is 11.6 Å². The number of carbonyl (C=O) groups excluding carboxylic acids is 2. The van der Waals surface area contributed by atoms with E-state index in [9.17, 15) is 9.59 Å². The lowest BCUT2D eigenvalue weighted by molar-refractivity contribution is 0.102. The molecule has 0 aliphatic rings. The van der Waals surface area contributed by atoms with Crippen LogP contribution in [0.1, 0.15) is 10.4 Å². The maximum Gasteiger partial charge on any atom is 0.411 e. The summed E-state index contributed by atoms with van der Waals surface area (Å²) in [6, 6.07) is 13.7. The van der Waals surface area contributed by atoms with Gasteiger partial charge in [-0.05, 0) is 36.4 Å². The van der Waals surface area contributed by atoms with E-state index in [1.165, 1.54) is 7.11 Å². The minimum absolute atomic E-state index is 0.146. The number of fused-ring (bicyclic) bond motifs is 1. The number of rotatable bonds is 6. The second-order valence-electron chi connectivity index (χ2n) is 5.82. The topological polar surface area (TPSA) is 89.5 Å². The van der Waals surface area contributed by atoms with Crippen molar-refractivity contribution in [2.75, 3.05) is 31.0 Å². The molecule has 28 heavy (non-hydrogen) atoms. The molecule has 0 fully saturated rings. The van der Waals surface area contributed by atoms with Crippen molar-refractivity contribution in [2.45, 2.75) is 0 Å². The number of hydrogen-bond acceptors (Lipinski definition) is 5. The van der Waals surface area contributed by atoms with Crippen LogP contribution in [0.25, 0.3) is 10.9 Å². The Morgan fingerprint density at radius 2 is 1.82 bits per heavy atom. The van der Waals surface area contributed by atoms with Gasteiger partial charge in [0.2, 0.25) is 0 Å². The second-order valence-corrected chi connectivity index (χ2v) is 6.25. The third kappa shape index (κ3) is 4.97. The van der Waals surface area contributed by atoms with E-state index >= 15 is 0 Å². The van der Waals surface area contributed by atoms with E-state index in [2.05, 4.69) is 15.6 Å². The van der Waals surface area contributed by atoms with E-state index in [1.54, 1.807) is 48.7 Å². The quantitative estimate of drug-likeness (QED) is 0.602. The fraction of sp³-hybridized carbons (Fsp3) is 0.150. The van der Waals surface area contributed by atoms with Gasteiger partial charge in [0.1, 0.15) is 6.61 Å². The predicted octanol–water partition coefficient (Wildman–Crippen LogP) is 4.34. The highest BCUT2D eigenvalue weighted by Gasteiger charge is 2.13. The zero-order chi connectivity index (χ0) is 19.9. The second kappa shape index (κ2) is 9.16. The fourth-order valence-corrected chi connectivity index (χ4v) is 2.80. The average molecular weight is 400 g/mol. The summed E-state index contributed by atoms with van der Waals surface area (Å²) >= 11 is 6.13.